The van der Waals surface area contributed by atoms with Gasteiger partial charge in [-0.2, -0.15) is 0 Å². The summed E-state index contributed by atoms with van der Waals surface area (Å²) in [6.45, 7) is 6.34. The van der Waals surface area contributed by atoms with E-state index in [9.17, 15) is 9.59 Å². The monoisotopic (exact) mass is 510 g/mol. The fourth-order valence-electron chi connectivity index (χ4n) is 3.93. The lowest BCUT2D eigenvalue weighted by atomic mass is 9.98. The van der Waals surface area contributed by atoms with Crippen molar-refractivity contribution in [2.24, 2.45) is 0 Å². The van der Waals surface area contributed by atoms with E-state index < -0.39 is 6.04 Å². The van der Waals surface area contributed by atoms with Crippen LogP contribution in [0.5, 0.6) is 5.75 Å². The van der Waals surface area contributed by atoms with Crippen molar-refractivity contribution in [3.05, 3.63) is 84.6 Å². The molecule has 1 aliphatic heterocycles. The number of amides is 1. The van der Waals surface area contributed by atoms with Crippen LogP contribution in [0.4, 0.5) is 5.13 Å². The van der Waals surface area contributed by atoms with Gasteiger partial charge >= 0.3 is 0 Å². The molecule has 1 aliphatic rings. The first-order valence-electron chi connectivity index (χ1n) is 10.2. The molecule has 6 nitrogen and oxygen atoms in total. The first-order valence-corrected chi connectivity index (χ1v) is 11.8. The number of carbonyl (C=O) groups excluding carboxylic acids is 1. The number of nitrogens with zero attached hydrogens (tertiary/aromatic N) is 2. The van der Waals surface area contributed by atoms with Gasteiger partial charge in [0.1, 0.15) is 11.3 Å². The van der Waals surface area contributed by atoms with Crippen molar-refractivity contribution in [1.29, 1.82) is 0 Å². The van der Waals surface area contributed by atoms with Crippen LogP contribution in [-0.2, 0) is 0 Å². The van der Waals surface area contributed by atoms with E-state index >= 15 is 0 Å². The van der Waals surface area contributed by atoms with E-state index in [0.717, 1.165) is 26.4 Å². The molecule has 2 aromatic carbocycles. The Morgan fingerprint density at radius 2 is 1.91 bits per heavy atom. The molecule has 2 aromatic heterocycles. The van der Waals surface area contributed by atoms with Crippen LogP contribution in [-0.4, -0.2) is 17.5 Å². The van der Waals surface area contributed by atoms with E-state index in [1.807, 2.05) is 45.0 Å². The number of carbonyl (C=O) groups is 1. The minimum absolute atomic E-state index is 0.0641. The number of anilines is 1. The molecule has 0 spiro atoms. The predicted molar refractivity (Wildman–Crippen MR) is 128 cm³/mol. The fourth-order valence-corrected chi connectivity index (χ4v) is 5.23. The molecule has 0 aliphatic carbocycles. The van der Waals surface area contributed by atoms with Gasteiger partial charge in [-0.15, -0.1) is 11.3 Å². The predicted octanol–water partition coefficient (Wildman–Crippen LogP) is 5.78. The fraction of sp³-hybridized carbons (Fsp3) is 0.208. The summed E-state index contributed by atoms with van der Waals surface area (Å²) in [7, 11) is 0. The number of aromatic nitrogens is 1. The molecule has 162 valence electrons. The number of aryl methyl sites for hydroxylation is 2. The van der Waals surface area contributed by atoms with Crippen molar-refractivity contribution < 1.29 is 13.9 Å². The normalized spacial score (nSPS) is 15.4. The standard InChI is InChI=1S/C24H19BrN2O4S/c1-4-30-16-8-5-14(6-9-16)20-19-21(28)17-11-15(25)7-10-18(17)31-22(19)23(29)27(20)24-26-12(2)13(3)32-24/h5-11,20H,4H2,1-3H3. The van der Waals surface area contributed by atoms with Crippen LogP contribution in [0.3, 0.4) is 0 Å². The third-order valence-electron chi connectivity index (χ3n) is 5.56. The van der Waals surface area contributed by atoms with E-state index in [2.05, 4.69) is 20.9 Å². The Labute approximate surface area is 196 Å². The highest BCUT2D eigenvalue weighted by Gasteiger charge is 2.45. The van der Waals surface area contributed by atoms with E-state index in [-0.39, 0.29) is 17.1 Å². The number of ether oxygens (including phenoxy) is 1. The van der Waals surface area contributed by atoms with Gasteiger partial charge in [0.2, 0.25) is 5.76 Å². The average Bonchev–Trinajstić information content (AvgIpc) is 3.26. The van der Waals surface area contributed by atoms with Crippen LogP contribution in [0.2, 0.25) is 0 Å². The number of hydrogen-bond acceptors (Lipinski definition) is 6. The number of rotatable bonds is 4. The molecule has 1 amide bonds. The first kappa shape index (κ1) is 20.9. The second kappa shape index (κ2) is 7.86. The molecular weight excluding hydrogens is 492 g/mol. The lowest BCUT2D eigenvalue weighted by Gasteiger charge is -2.22. The molecule has 4 aromatic rings. The Kier molecular flexibility index (Phi) is 5.14. The Hall–Kier alpha value is -2.97. The maximum Gasteiger partial charge on any atom is 0.297 e. The van der Waals surface area contributed by atoms with Gasteiger partial charge in [0, 0.05) is 9.35 Å². The van der Waals surface area contributed by atoms with Gasteiger partial charge in [-0.1, -0.05) is 28.1 Å². The van der Waals surface area contributed by atoms with Crippen LogP contribution >= 0.6 is 27.3 Å². The highest BCUT2D eigenvalue weighted by molar-refractivity contribution is 9.10. The average molecular weight is 511 g/mol. The van der Waals surface area contributed by atoms with Crippen molar-refractivity contribution in [3.63, 3.8) is 0 Å². The van der Waals surface area contributed by atoms with E-state index in [0.29, 0.717) is 28.3 Å². The van der Waals surface area contributed by atoms with Gasteiger partial charge in [-0.25, -0.2) is 4.98 Å². The quantitative estimate of drug-likeness (QED) is 0.348. The highest BCUT2D eigenvalue weighted by Crippen LogP contribution is 2.43. The minimum Gasteiger partial charge on any atom is -0.494 e. The third-order valence-corrected chi connectivity index (χ3v) is 7.13. The molecule has 3 heterocycles. The topological polar surface area (TPSA) is 72.6 Å². The minimum atomic E-state index is -0.641. The number of halogens is 1. The Morgan fingerprint density at radius 1 is 1.16 bits per heavy atom. The van der Waals surface area contributed by atoms with E-state index in [1.165, 1.54) is 11.3 Å². The molecule has 0 N–H and O–H groups in total. The largest absolute Gasteiger partial charge is 0.494 e. The zero-order chi connectivity index (χ0) is 22.6. The summed E-state index contributed by atoms with van der Waals surface area (Å²) >= 11 is 4.85. The summed E-state index contributed by atoms with van der Waals surface area (Å²) in [5.41, 5.74) is 2.13. The van der Waals surface area contributed by atoms with Crippen LogP contribution in [0, 0.1) is 13.8 Å². The van der Waals surface area contributed by atoms with Gasteiger partial charge in [0.05, 0.1) is 29.3 Å². The SMILES string of the molecule is CCOc1ccc(C2c3c(oc4ccc(Br)cc4c3=O)C(=O)N2c2nc(C)c(C)s2)cc1. The van der Waals surface area contributed by atoms with Gasteiger partial charge in [0.15, 0.2) is 10.6 Å². The zero-order valence-electron chi connectivity index (χ0n) is 17.6. The second-order valence-corrected chi connectivity index (χ2v) is 9.63. The molecule has 1 atom stereocenters. The molecule has 5 rings (SSSR count). The van der Waals surface area contributed by atoms with Gasteiger partial charge < -0.3 is 9.15 Å². The number of fused-ring (bicyclic) bond motifs is 2. The van der Waals surface area contributed by atoms with Gasteiger partial charge in [0.25, 0.3) is 5.91 Å². The molecule has 32 heavy (non-hydrogen) atoms. The Morgan fingerprint density at radius 3 is 2.56 bits per heavy atom. The van der Waals surface area contributed by atoms with Crippen molar-refractivity contribution in [2.45, 2.75) is 26.8 Å². The van der Waals surface area contributed by atoms with Crippen molar-refractivity contribution in [2.75, 3.05) is 11.5 Å². The lowest BCUT2D eigenvalue weighted by molar-refractivity contribution is 0.0971. The smallest absolute Gasteiger partial charge is 0.297 e. The number of benzene rings is 2. The molecule has 0 radical (unpaired) electrons. The maximum atomic E-state index is 13.6. The van der Waals surface area contributed by atoms with Crippen LogP contribution < -0.4 is 15.1 Å². The van der Waals surface area contributed by atoms with Gasteiger partial charge in [-0.3, -0.25) is 14.5 Å². The van der Waals surface area contributed by atoms with Crippen LogP contribution in [0.1, 0.15) is 45.2 Å². The number of hydrogen-bond donors (Lipinski definition) is 0. The van der Waals surface area contributed by atoms with Crippen molar-refractivity contribution in [3.8, 4) is 5.75 Å². The summed E-state index contributed by atoms with van der Waals surface area (Å²) in [6, 6.07) is 12.0. The van der Waals surface area contributed by atoms with Gasteiger partial charge in [-0.05, 0) is 56.7 Å². The molecule has 8 heteroatoms. The maximum absolute atomic E-state index is 13.6. The van der Waals surface area contributed by atoms with Crippen molar-refractivity contribution in [1.82, 2.24) is 4.98 Å². The van der Waals surface area contributed by atoms with E-state index in [4.69, 9.17) is 9.15 Å². The molecule has 0 saturated heterocycles. The highest BCUT2D eigenvalue weighted by atomic mass is 79.9. The molecule has 0 bridgehead atoms. The van der Waals surface area contributed by atoms with Crippen LogP contribution in [0.25, 0.3) is 11.0 Å². The summed E-state index contributed by atoms with van der Waals surface area (Å²) in [6.07, 6.45) is 0. The first-order chi connectivity index (χ1) is 15.4. The number of thiazole rings is 1. The molecular formula is C24H19BrN2O4S. The summed E-state index contributed by atoms with van der Waals surface area (Å²) in [5.74, 6) is 0.423. The second-order valence-electron chi connectivity index (χ2n) is 7.53. The molecule has 0 saturated carbocycles. The summed E-state index contributed by atoms with van der Waals surface area (Å²) < 4.78 is 12.3. The summed E-state index contributed by atoms with van der Waals surface area (Å²) in [5, 5.41) is 0.968. The molecule has 0 fully saturated rings. The van der Waals surface area contributed by atoms with Crippen molar-refractivity contribution >= 4 is 49.3 Å². The molecule has 1 unspecified atom stereocenters. The Bertz CT molecular complexity index is 1410. The lowest BCUT2D eigenvalue weighted by Crippen LogP contribution is -2.29. The Balaban J connectivity index is 1.77. The van der Waals surface area contributed by atoms with E-state index in [1.54, 1.807) is 23.1 Å². The van der Waals surface area contributed by atoms with Crippen LogP contribution in [0.15, 0.2) is 56.1 Å². The zero-order valence-corrected chi connectivity index (χ0v) is 20.0. The third kappa shape index (κ3) is 3.25. The summed E-state index contributed by atoms with van der Waals surface area (Å²) in [4.78, 5) is 34.4.